The van der Waals surface area contributed by atoms with Crippen LogP contribution in [0, 0.1) is 5.41 Å². The number of carboxylic acid groups (broad SMARTS) is 1. The number of methoxy groups -OCH3 is 2. The van der Waals surface area contributed by atoms with E-state index in [1.807, 2.05) is 18.2 Å². The molecule has 0 aliphatic heterocycles. The fourth-order valence-corrected chi connectivity index (χ4v) is 3.52. The van der Waals surface area contributed by atoms with Crippen molar-refractivity contribution in [3.63, 3.8) is 0 Å². The number of carbonyl (C=O) groups is 2. The van der Waals surface area contributed by atoms with E-state index in [2.05, 4.69) is 5.32 Å². The van der Waals surface area contributed by atoms with Crippen LogP contribution in [0.3, 0.4) is 0 Å². The summed E-state index contributed by atoms with van der Waals surface area (Å²) in [6.45, 7) is 3.68. The van der Waals surface area contributed by atoms with Crippen molar-refractivity contribution in [3.05, 3.63) is 23.8 Å². The van der Waals surface area contributed by atoms with E-state index in [9.17, 15) is 14.7 Å². The molecule has 2 rings (SSSR count). The van der Waals surface area contributed by atoms with E-state index < -0.39 is 16.8 Å². The van der Waals surface area contributed by atoms with Crippen LogP contribution in [0.25, 0.3) is 0 Å². The zero-order valence-corrected chi connectivity index (χ0v) is 16.1. The molecule has 0 aromatic heterocycles. The van der Waals surface area contributed by atoms with Crippen molar-refractivity contribution < 1.29 is 24.2 Å². The van der Waals surface area contributed by atoms with E-state index in [0.717, 1.165) is 31.2 Å². The highest BCUT2D eigenvalue weighted by atomic mass is 16.5. The molecule has 0 spiro atoms. The summed E-state index contributed by atoms with van der Waals surface area (Å²) in [6.07, 6.45) is 3.91. The predicted molar refractivity (Wildman–Crippen MR) is 98.7 cm³/mol. The maximum atomic E-state index is 13.0. The Morgan fingerprint density at radius 1 is 1.15 bits per heavy atom. The lowest BCUT2D eigenvalue weighted by Gasteiger charge is -2.29. The Morgan fingerprint density at radius 2 is 1.77 bits per heavy atom. The van der Waals surface area contributed by atoms with Crippen LogP contribution in [0.1, 0.15) is 51.5 Å². The largest absolute Gasteiger partial charge is 0.493 e. The molecular formula is C20H29NO5. The summed E-state index contributed by atoms with van der Waals surface area (Å²) in [6, 6.07) is 5.63. The van der Waals surface area contributed by atoms with Gasteiger partial charge in [-0.15, -0.1) is 0 Å². The van der Waals surface area contributed by atoms with Gasteiger partial charge in [-0.2, -0.15) is 0 Å². The zero-order chi connectivity index (χ0) is 19.4. The molecule has 1 saturated carbocycles. The number of carboxylic acids is 1. The van der Waals surface area contributed by atoms with Gasteiger partial charge in [0.2, 0.25) is 5.91 Å². The average molecular weight is 363 g/mol. The van der Waals surface area contributed by atoms with E-state index in [0.29, 0.717) is 24.5 Å². The fourth-order valence-electron chi connectivity index (χ4n) is 3.52. The molecule has 1 aromatic carbocycles. The number of hydrogen-bond acceptors (Lipinski definition) is 4. The second kappa shape index (κ2) is 7.98. The van der Waals surface area contributed by atoms with Crippen molar-refractivity contribution in [1.29, 1.82) is 0 Å². The number of ether oxygens (including phenoxy) is 2. The summed E-state index contributed by atoms with van der Waals surface area (Å²) < 4.78 is 10.7. The molecule has 0 atom stereocenters. The first-order chi connectivity index (χ1) is 12.3. The minimum atomic E-state index is -0.862. The third-order valence-corrected chi connectivity index (χ3v) is 5.44. The molecule has 2 N–H and O–H groups in total. The number of amides is 1. The molecular weight excluding hydrogens is 334 g/mol. The van der Waals surface area contributed by atoms with Crippen molar-refractivity contribution >= 4 is 11.9 Å². The van der Waals surface area contributed by atoms with Crippen LogP contribution >= 0.6 is 0 Å². The standard InChI is InChI=1S/C20H29NO5/c1-19(2,18(23)24)11-12-21-17(22)20(9-5-6-10-20)14-7-8-15(25-3)16(13-14)26-4/h7-8,13H,5-6,9-12H2,1-4H3,(H,21,22)(H,23,24). The van der Waals surface area contributed by atoms with Crippen LogP contribution in [0.5, 0.6) is 11.5 Å². The van der Waals surface area contributed by atoms with E-state index in [1.54, 1.807) is 28.1 Å². The summed E-state index contributed by atoms with van der Waals surface area (Å²) in [5, 5.41) is 12.2. The van der Waals surface area contributed by atoms with Crippen molar-refractivity contribution in [2.75, 3.05) is 20.8 Å². The third-order valence-electron chi connectivity index (χ3n) is 5.44. The summed E-state index contributed by atoms with van der Waals surface area (Å²) in [5.74, 6) is 0.342. The SMILES string of the molecule is COc1ccc(C2(C(=O)NCCC(C)(C)C(=O)O)CCCC2)cc1OC. The van der Waals surface area contributed by atoms with Crippen molar-refractivity contribution in [2.24, 2.45) is 5.41 Å². The number of benzene rings is 1. The minimum Gasteiger partial charge on any atom is -0.493 e. The van der Waals surface area contributed by atoms with Crippen LogP contribution in [0.2, 0.25) is 0 Å². The molecule has 0 unspecified atom stereocenters. The van der Waals surface area contributed by atoms with Gasteiger partial charge in [0.1, 0.15) is 0 Å². The summed E-state index contributed by atoms with van der Waals surface area (Å²) in [5.41, 5.74) is -0.533. The third kappa shape index (κ3) is 3.94. The molecule has 1 fully saturated rings. The summed E-state index contributed by atoms with van der Waals surface area (Å²) in [7, 11) is 3.16. The summed E-state index contributed by atoms with van der Waals surface area (Å²) >= 11 is 0. The average Bonchev–Trinajstić information content (AvgIpc) is 3.11. The van der Waals surface area contributed by atoms with Crippen LogP contribution in [0.15, 0.2) is 18.2 Å². The van der Waals surface area contributed by atoms with Crippen molar-refractivity contribution in [2.45, 2.75) is 51.4 Å². The molecule has 6 nitrogen and oxygen atoms in total. The highest BCUT2D eigenvalue weighted by Crippen LogP contribution is 2.44. The molecule has 0 radical (unpaired) electrons. The van der Waals surface area contributed by atoms with Crippen LogP contribution in [-0.2, 0) is 15.0 Å². The molecule has 0 saturated heterocycles. The van der Waals surface area contributed by atoms with E-state index >= 15 is 0 Å². The number of hydrogen-bond donors (Lipinski definition) is 2. The first-order valence-corrected chi connectivity index (χ1v) is 9.01. The van der Waals surface area contributed by atoms with Gasteiger partial charge in [0.25, 0.3) is 0 Å². The van der Waals surface area contributed by atoms with Gasteiger partial charge in [-0.1, -0.05) is 18.9 Å². The Labute approximate surface area is 154 Å². The molecule has 0 heterocycles. The first-order valence-electron chi connectivity index (χ1n) is 9.01. The predicted octanol–water partition coefficient (Wildman–Crippen LogP) is 3.13. The minimum absolute atomic E-state index is 0.0385. The van der Waals surface area contributed by atoms with Crippen LogP contribution in [-0.4, -0.2) is 37.7 Å². The summed E-state index contributed by atoms with van der Waals surface area (Å²) in [4.78, 5) is 24.3. The molecule has 1 aliphatic carbocycles. The Kier molecular flexibility index (Phi) is 6.16. The van der Waals surface area contributed by atoms with Gasteiger partial charge in [0, 0.05) is 6.54 Å². The van der Waals surface area contributed by atoms with Gasteiger partial charge >= 0.3 is 5.97 Å². The fraction of sp³-hybridized carbons (Fsp3) is 0.600. The maximum Gasteiger partial charge on any atom is 0.309 e. The van der Waals surface area contributed by atoms with Gasteiger partial charge in [0.05, 0.1) is 25.0 Å². The monoisotopic (exact) mass is 363 g/mol. The van der Waals surface area contributed by atoms with Gasteiger partial charge < -0.3 is 19.9 Å². The first kappa shape index (κ1) is 20.1. The van der Waals surface area contributed by atoms with Crippen molar-refractivity contribution in [1.82, 2.24) is 5.32 Å². The lowest BCUT2D eigenvalue weighted by atomic mass is 9.77. The Bertz CT molecular complexity index is 662. The second-order valence-corrected chi connectivity index (χ2v) is 7.55. The Morgan fingerprint density at radius 3 is 2.31 bits per heavy atom. The number of carbonyl (C=O) groups excluding carboxylic acids is 1. The molecule has 0 bridgehead atoms. The van der Waals surface area contributed by atoms with E-state index in [4.69, 9.17) is 9.47 Å². The number of nitrogens with one attached hydrogen (secondary N) is 1. The number of aliphatic carboxylic acids is 1. The normalized spacial score (nSPS) is 16.2. The molecule has 26 heavy (non-hydrogen) atoms. The molecule has 6 heteroatoms. The molecule has 144 valence electrons. The topological polar surface area (TPSA) is 84.9 Å². The molecule has 1 aromatic rings. The zero-order valence-electron chi connectivity index (χ0n) is 16.1. The van der Waals surface area contributed by atoms with Crippen molar-refractivity contribution in [3.8, 4) is 11.5 Å². The maximum absolute atomic E-state index is 13.0. The van der Waals surface area contributed by atoms with Gasteiger partial charge in [-0.3, -0.25) is 9.59 Å². The van der Waals surface area contributed by atoms with Gasteiger partial charge in [-0.05, 0) is 50.8 Å². The van der Waals surface area contributed by atoms with E-state index in [1.165, 1.54) is 0 Å². The highest BCUT2D eigenvalue weighted by molar-refractivity contribution is 5.89. The second-order valence-electron chi connectivity index (χ2n) is 7.55. The molecule has 1 amide bonds. The van der Waals surface area contributed by atoms with Gasteiger partial charge in [-0.25, -0.2) is 0 Å². The van der Waals surface area contributed by atoms with Gasteiger partial charge in [0.15, 0.2) is 11.5 Å². The Hall–Kier alpha value is -2.24. The smallest absolute Gasteiger partial charge is 0.309 e. The lowest BCUT2D eigenvalue weighted by Crippen LogP contribution is -2.44. The molecule has 1 aliphatic rings. The Balaban J connectivity index is 2.19. The number of rotatable bonds is 8. The lowest BCUT2D eigenvalue weighted by molar-refractivity contribution is -0.147. The van der Waals surface area contributed by atoms with Crippen LogP contribution in [0.4, 0.5) is 0 Å². The van der Waals surface area contributed by atoms with E-state index in [-0.39, 0.29) is 5.91 Å². The van der Waals surface area contributed by atoms with Crippen LogP contribution < -0.4 is 14.8 Å². The quantitative estimate of drug-likeness (QED) is 0.741. The highest BCUT2D eigenvalue weighted by Gasteiger charge is 2.43.